The fraction of sp³-hybridized carbons (Fsp3) is 0.647. The first-order chi connectivity index (χ1) is 9.49. The maximum absolute atomic E-state index is 10.6. The lowest BCUT2D eigenvalue weighted by atomic mass is 9.92. The van der Waals surface area contributed by atoms with Crippen molar-refractivity contribution in [3.8, 4) is 5.75 Å². The van der Waals surface area contributed by atoms with Crippen molar-refractivity contribution in [1.82, 2.24) is 5.32 Å². The van der Waals surface area contributed by atoms with Gasteiger partial charge in [0.15, 0.2) is 0 Å². The van der Waals surface area contributed by atoms with Gasteiger partial charge in [-0.15, -0.1) is 0 Å². The number of aliphatic hydroxyl groups is 1. The van der Waals surface area contributed by atoms with Crippen molar-refractivity contribution in [2.24, 2.45) is 5.92 Å². The topological polar surface area (TPSA) is 41.5 Å². The minimum absolute atomic E-state index is 0.0582. The second kappa shape index (κ2) is 8.28. The minimum atomic E-state index is -0.500. The monoisotopic (exact) mass is 279 g/mol. The third-order valence-electron chi connectivity index (χ3n) is 3.68. The number of nitrogens with one attached hydrogen (secondary N) is 1. The molecule has 0 saturated heterocycles. The van der Waals surface area contributed by atoms with Crippen LogP contribution in [0.4, 0.5) is 0 Å². The molecule has 1 aromatic rings. The molecule has 3 atom stereocenters. The standard InChI is InChI=1S/C17H29NO2/c1-6-13(5)18-16(12(3)4)17(19)14-8-10-15(11-9-14)20-7-2/h8-13,16-19H,6-7H2,1-5H3. The molecule has 2 N–H and O–H groups in total. The third kappa shape index (κ3) is 4.80. The van der Waals surface area contributed by atoms with E-state index >= 15 is 0 Å². The fourth-order valence-electron chi connectivity index (χ4n) is 2.23. The van der Waals surface area contributed by atoms with E-state index in [1.165, 1.54) is 0 Å². The maximum Gasteiger partial charge on any atom is 0.119 e. The first-order valence-electron chi connectivity index (χ1n) is 7.66. The Hall–Kier alpha value is -1.06. The summed E-state index contributed by atoms with van der Waals surface area (Å²) >= 11 is 0. The van der Waals surface area contributed by atoms with E-state index < -0.39 is 6.10 Å². The smallest absolute Gasteiger partial charge is 0.119 e. The van der Waals surface area contributed by atoms with E-state index in [0.29, 0.717) is 18.6 Å². The first-order valence-corrected chi connectivity index (χ1v) is 7.66. The van der Waals surface area contributed by atoms with Gasteiger partial charge >= 0.3 is 0 Å². The van der Waals surface area contributed by atoms with Crippen LogP contribution in [0, 0.1) is 5.92 Å². The van der Waals surface area contributed by atoms with Gasteiger partial charge < -0.3 is 15.2 Å². The molecule has 0 heterocycles. The Morgan fingerprint density at radius 1 is 1.10 bits per heavy atom. The SMILES string of the molecule is CCOc1ccc(C(O)C(NC(C)CC)C(C)C)cc1. The van der Waals surface area contributed by atoms with Gasteiger partial charge in [-0.2, -0.15) is 0 Å². The van der Waals surface area contributed by atoms with Gasteiger partial charge in [-0.05, 0) is 43.9 Å². The van der Waals surface area contributed by atoms with Crippen LogP contribution in [0.5, 0.6) is 5.75 Å². The zero-order chi connectivity index (χ0) is 15.1. The molecule has 114 valence electrons. The van der Waals surface area contributed by atoms with Crippen LogP contribution in [-0.2, 0) is 0 Å². The highest BCUT2D eigenvalue weighted by atomic mass is 16.5. The second-order valence-electron chi connectivity index (χ2n) is 5.69. The molecule has 0 aliphatic heterocycles. The molecule has 3 heteroatoms. The summed E-state index contributed by atoms with van der Waals surface area (Å²) in [5, 5.41) is 14.1. The van der Waals surface area contributed by atoms with E-state index in [4.69, 9.17) is 4.74 Å². The van der Waals surface area contributed by atoms with Crippen LogP contribution in [-0.4, -0.2) is 23.8 Å². The molecule has 0 aromatic heterocycles. The van der Waals surface area contributed by atoms with Crippen molar-refractivity contribution >= 4 is 0 Å². The Bertz CT molecular complexity index is 375. The number of ether oxygens (including phenoxy) is 1. The molecule has 3 unspecified atom stereocenters. The van der Waals surface area contributed by atoms with Crippen LogP contribution >= 0.6 is 0 Å². The molecule has 0 aliphatic carbocycles. The van der Waals surface area contributed by atoms with E-state index in [2.05, 4.69) is 33.0 Å². The Morgan fingerprint density at radius 2 is 1.70 bits per heavy atom. The van der Waals surface area contributed by atoms with Crippen molar-refractivity contribution in [2.45, 2.75) is 59.2 Å². The van der Waals surface area contributed by atoms with Crippen molar-refractivity contribution in [1.29, 1.82) is 0 Å². The Kier molecular flexibility index (Phi) is 7.03. The lowest BCUT2D eigenvalue weighted by Crippen LogP contribution is -2.43. The molecule has 20 heavy (non-hydrogen) atoms. The molecule has 0 fully saturated rings. The van der Waals surface area contributed by atoms with E-state index in [9.17, 15) is 5.11 Å². The minimum Gasteiger partial charge on any atom is -0.494 e. The van der Waals surface area contributed by atoms with Crippen molar-refractivity contribution < 1.29 is 9.84 Å². The molecule has 3 nitrogen and oxygen atoms in total. The molecule has 0 amide bonds. The van der Waals surface area contributed by atoms with Gasteiger partial charge in [-0.3, -0.25) is 0 Å². The van der Waals surface area contributed by atoms with E-state index in [1.807, 2.05) is 31.2 Å². The van der Waals surface area contributed by atoms with Crippen molar-refractivity contribution in [2.75, 3.05) is 6.61 Å². The maximum atomic E-state index is 10.6. The molecule has 1 rings (SSSR count). The highest BCUT2D eigenvalue weighted by molar-refractivity contribution is 5.29. The van der Waals surface area contributed by atoms with Crippen LogP contribution in [0.15, 0.2) is 24.3 Å². The number of hydrogen-bond acceptors (Lipinski definition) is 3. The van der Waals surface area contributed by atoms with Gasteiger partial charge in [0, 0.05) is 12.1 Å². The number of rotatable bonds is 8. The number of hydrogen-bond donors (Lipinski definition) is 2. The van der Waals surface area contributed by atoms with Gasteiger partial charge in [0.25, 0.3) is 0 Å². The molecule has 0 radical (unpaired) electrons. The largest absolute Gasteiger partial charge is 0.494 e. The first kappa shape index (κ1) is 17.0. The normalized spacial score (nSPS) is 15.9. The summed E-state index contributed by atoms with van der Waals surface area (Å²) in [6.45, 7) is 11.2. The molecule has 0 bridgehead atoms. The summed E-state index contributed by atoms with van der Waals surface area (Å²) in [5.74, 6) is 1.21. The molecular formula is C17H29NO2. The van der Waals surface area contributed by atoms with E-state index in [1.54, 1.807) is 0 Å². The van der Waals surface area contributed by atoms with E-state index in [-0.39, 0.29) is 6.04 Å². The Balaban J connectivity index is 2.80. The second-order valence-corrected chi connectivity index (χ2v) is 5.69. The fourth-order valence-corrected chi connectivity index (χ4v) is 2.23. The van der Waals surface area contributed by atoms with Crippen molar-refractivity contribution in [3.63, 3.8) is 0 Å². The lowest BCUT2D eigenvalue weighted by Gasteiger charge is -2.30. The molecule has 0 aliphatic rings. The Labute approximate surface area is 123 Å². The van der Waals surface area contributed by atoms with Gasteiger partial charge in [0.05, 0.1) is 12.7 Å². The van der Waals surface area contributed by atoms with Crippen LogP contribution in [0.3, 0.4) is 0 Å². The highest BCUT2D eigenvalue weighted by Gasteiger charge is 2.24. The number of aliphatic hydroxyl groups excluding tert-OH is 1. The predicted octanol–water partition coefficient (Wildman–Crippen LogP) is 3.53. The van der Waals surface area contributed by atoms with Crippen molar-refractivity contribution in [3.05, 3.63) is 29.8 Å². The van der Waals surface area contributed by atoms with Gasteiger partial charge in [-0.1, -0.05) is 32.9 Å². The van der Waals surface area contributed by atoms with Gasteiger partial charge in [0.1, 0.15) is 5.75 Å². The Morgan fingerprint density at radius 3 is 2.15 bits per heavy atom. The highest BCUT2D eigenvalue weighted by Crippen LogP contribution is 2.24. The zero-order valence-corrected chi connectivity index (χ0v) is 13.4. The average molecular weight is 279 g/mol. The predicted molar refractivity (Wildman–Crippen MR) is 84.1 cm³/mol. The summed E-state index contributed by atoms with van der Waals surface area (Å²) < 4.78 is 5.43. The summed E-state index contributed by atoms with van der Waals surface area (Å²) in [7, 11) is 0. The summed E-state index contributed by atoms with van der Waals surface area (Å²) in [6.07, 6.45) is 0.554. The lowest BCUT2D eigenvalue weighted by molar-refractivity contribution is 0.0985. The quantitative estimate of drug-likeness (QED) is 0.765. The zero-order valence-electron chi connectivity index (χ0n) is 13.4. The summed E-state index contributed by atoms with van der Waals surface area (Å²) in [4.78, 5) is 0. The van der Waals surface area contributed by atoms with Gasteiger partial charge in [-0.25, -0.2) is 0 Å². The third-order valence-corrected chi connectivity index (χ3v) is 3.68. The summed E-state index contributed by atoms with van der Waals surface area (Å²) in [6, 6.07) is 8.19. The van der Waals surface area contributed by atoms with E-state index in [0.717, 1.165) is 17.7 Å². The average Bonchev–Trinajstić information content (AvgIpc) is 2.44. The molecule has 0 spiro atoms. The van der Waals surface area contributed by atoms with Crippen LogP contribution in [0.2, 0.25) is 0 Å². The molecular weight excluding hydrogens is 250 g/mol. The number of benzene rings is 1. The summed E-state index contributed by atoms with van der Waals surface area (Å²) in [5.41, 5.74) is 0.933. The molecule has 0 saturated carbocycles. The van der Waals surface area contributed by atoms with Crippen LogP contribution < -0.4 is 10.1 Å². The van der Waals surface area contributed by atoms with Crippen LogP contribution in [0.25, 0.3) is 0 Å². The molecule has 1 aromatic carbocycles. The van der Waals surface area contributed by atoms with Gasteiger partial charge in [0.2, 0.25) is 0 Å². The van der Waals surface area contributed by atoms with Crippen LogP contribution in [0.1, 0.15) is 52.7 Å².